The SMILES string of the molecule is CCC(C)NC(=O)CCNc1ccc(C(=O)O)cn1. The second-order valence-electron chi connectivity index (χ2n) is 4.29. The minimum Gasteiger partial charge on any atom is -0.478 e. The van der Waals surface area contributed by atoms with E-state index in [1.54, 1.807) is 6.07 Å². The molecule has 0 spiro atoms. The van der Waals surface area contributed by atoms with Gasteiger partial charge in [0.15, 0.2) is 0 Å². The van der Waals surface area contributed by atoms with Crippen LogP contribution in [0.15, 0.2) is 18.3 Å². The number of rotatable bonds is 7. The quantitative estimate of drug-likeness (QED) is 0.695. The lowest BCUT2D eigenvalue weighted by molar-refractivity contribution is -0.121. The molecule has 3 N–H and O–H groups in total. The van der Waals surface area contributed by atoms with Crippen LogP contribution in [0.3, 0.4) is 0 Å². The highest BCUT2D eigenvalue weighted by atomic mass is 16.4. The maximum absolute atomic E-state index is 11.5. The number of anilines is 1. The zero-order chi connectivity index (χ0) is 14.3. The van der Waals surface area contributed by atoms with E-state index in [-0.39, 0.29) is 17.5 Å². The Kier molecular flexibility index (Phi) is 5.78. The van der Waals surface area contributed by atoms with E-state index in [0.29, 0.717) is 18.8 Å². The summed E-state index contributed by atoms with van der Waals surface area (Å²) in [5.41, 5.74) is 0.139. The number of pyridine rings is 1. The fourth-order valence-electron chi connectivity index (χ4n) is 1.38. The van der Waals surface area contributed by atoms with Gasteiger partial charge in [0.25, 0.3) is 0 Å². The summed E-state index contributed by atoms with van der Waals surface area (Å²) in [6.07, 6.45) is 2.54. The van der Waals surface area contributed by atoms with Gasteiger partial charge < -0.3 is 15.7 Å². The first-order valence-corrected chi connectivity index (χ1v) is 6.25. The minimum absolute atomic E-state index is 0.0102. The zero-order valence-electron chi connectivity index (χ0n) is 11.1. The van der Waals surface area contributed by atoms with Crippen molar-refractivity contribution in [1.29, 1.82) is 0 Å². The summed E-state index contributed by atoms with van der Waals surface area (Å²) < 4.78 is 0. The number of aromatic carboxylic acids is 1. The second kappa shape index (κ2) is 7.35. The first kappa shape index (κ1) is 14.9. The van der Waals surface area contributed by atoms with Crippen LogP contribution in [-0.2, 0) is 4.79 Å². The summed E-state index contributed by atoms with van der Waals surface area (Å²) in [5.74, 6) is -0.461. The van der Waals surface area contributed by atoms with Gasteiger partial charge in [-0.1, -0.05) is 6.92 Å². The highest BCUT2D eigenvalue weighted by Crippen LogP contribution is 2.04. The van der Waals surface area contributed by atoms with Crippen molar-refractivity contribution in [2.45, 2.75) is 32.7 Å². The van der Waals surface area contributed by atoms with Gasteiger partial charge >= 0.3 is 5.97 Å². The molecule has 6 heteroatoms. The molecule has 19 heavy (non-hydrogen) atoms. The number of hydrogen-bond donors (Lipinski definition) is 3. The fourth-order valence-corrected chi connectivity index (χ4v) is 1.38. The largest absolute Gasteiger partial charge is 0.478 e. The van der Waals surface area contributed by atoms with Gasteiger partial charge in [-0.2, -0.15) is 0 Å². The molecule has 1 rings (SSSR count). The number of nitrogens with one attached hydrogen (secondary N) is 2. The summed E-state index contributed by atoms with van der Waals surface area (Å²) in [4.78, 5) is 26.1. The predicted molar refractivity (Wildman–Crippen MR) is 72.2 cm³/mol. The van der Waals surface area contributed by atoms with Crippen molar-refractivity contribution < 1.29 is 14.7 Å². The summed E-state index contributed by atoms with van der Waals surface area (Å²) in [7, 11) is 0. The van der Waals surface area contributed by atoms with Crippen molar-refractivity contribution in [3.8, 4) is 0 Å². The average Bonchev–Trinajstić information content (AvgIpc) is 2.39. The van der Waals surface area contributed by atoms with E-state index in [2.05, 4.69) is 15.6 Å². The van der Waals surface area contributed by atoms with Crippen molar-refractivity contribution >= 4 is 17.7 Å². The topological polar surface area (TPSA) is 91.3 Å². The van der Waals surface area contributed by atoms with Crippen LogP contribution in [0, 0.1) is 0 Å². The van der Waals surface area contributed by atoms with Gasteiger partial charge in [-0.05, 0) is 25.5 Å². The Morgan fingerprint density at radius 2 is 2.16 bits per heavy atom. The molecule has 0 aliphatic heterocycles. The smallest absolute Gasteiger partial charge is 0.337 e. The molecule has 1 amide bonds. The van der Waals surface area contributed by atoms with E-state index in [0.717, 1.165) is 6.42 Å². The van der Waals surface area contributed by atoms with Crippen LogP contribution in [0.4, 0.5) is 5.82 Å². The standard InChI is InChI=1S/C13H19N3O3/c1-3-9(2)16-12(17)6-7-14-11-5-4-10(8-15-11)13(18)19/h4-5,8-9H,3,6-7H2,1-2H3,(H,14,15)(H,16,17)(H,18,19). The van der Waals surface area contributed by atoms with E-state index in [1.807, 2.05) is 13.8 Å². The lowest BCUT2D eigenvalue weighted by Crippen LogP contribution is -2.32. The van der Waals surface area contributed by atoms with Crippen LogP contribution in [0.2, 0.25) is 0 Å². The van der Waals surface area contributed by atoms with Gasteiger partial charge in [0.2, 0.25) is 5.91 Å². The molecule has 1 aromatic rings. The highest BCUT2D eigenvalue weighted by Gasteiger charge is 2.06. The van der Waals surface area contributed by atoms with Gasteiger partial charge in [-0.25, -0.2) is 9.78 Å². The van der Waals surface area contributed by atoms with E-state index < -0.39 is 5.97 Å². The normalized spacial score (nSPS) is 11.7. The van der Waals surface area contributed by atoms with Crippen LogP contribution in [0.5, 0.6) is 0 Å². The maximum Gasteiger partial charge on any atom is 0.337 e. The van der Waals surface area contributed by atoms with Crippen molar-refractivity contribution in [2.75, 3.05) is 11.9 Å². The Balaban J connectivity index is 2.33. The molecule has 1 aromatic heterocycles. The molecule has 6 nitrogen and oxygen atoms in total. The number of carbonyl (C=O) groups is 2. The lowest BCUT2D eigenvalue weighted by atomic mass is 10.2. The number of hydrogen-bond acceptors (Lipinski definition) is 4. The Bertz CT molecular complexity index is 431. The maximum atomic E-state index is 11.5. The number of aromatic nitrogens is 1. The van der Waals surface area contributed by atoms with Crippen LogP contribution in [-0.4, -0.2) is 34.6 Å². The van der Waals surface area contributed by atoms with Gasteiger partial charge in [-0.3, -0.25) is 4.79 Å². The molecule has 0 aromatic carbocycles. The van der Waals surface area contributed by atoms with Crippen LogP contribution < -0.4 is 10.6 Å². The molecule has 104 valence electrons. The summed E-state index contributed by atoms with van der Waals surface area (Å²) in [6, 6.07) is 3.23. The first-order chi connectivity index (χ1) is 9.02. The number of carboxylic acid groups (broad SMARTS) is 1. The van der Waals surface area contributed by atoms with Crippen molar-refractivity contribution in [3.05, 3.63) is 23.9 Å². The molecule has 1 heterocycles. The molecule has 1 atom stereocenters. The molecular formula is C13H19N3O3. The number of amides is 1. The predicted octanol–water partition coefficient (Wildman–Crippen LogP) is 1.50. The molecular weight excluding hydrogens is 246 g/mol. The Labute approximate surface area is 112 Å². The average molecular weight is 265 g/mol. The third kappa shape index (κ3) is 5.37. The fraction of sp³-hybridized carbons (Fsp3) is 0.462. The third-order valence-corrected chi connectivity index (χ3v) is 2.69. The van der Waals surface area contributed by atoms with Gasteiger partial charge in [0.05, 0.1) is 5.56 Å². The lowest BCUT2D eigenvalue weighted by Gasteiger charge is -2.11. The van der Waals surface area contributed by atoms with E-state index in [9.17, 15) is 9.59 Å². The van der Waals surface area contributed by atoms with Gasteiger partial charge in [0, 0.05) is 25.2 Å². The third-order valence-electron chi connectivity index (χ3n) is 2.69. The van der Waals surface area contributed by atoms with Crippen molar-refractivity contribution in [3.63, 3.8) is 0 Å². The summed E-state index contributed by atoms with van der Waals surface area (Å²) in [6.45, 7) is 4.43. The summed E-state index contributed by atoms with van der Waals surface area (Å²) in [5, 5.41) is 14.5. The Hall–Kier alpha value is -2.11. The summed E-state index contributed by atoms with van der Waals surface area (Å²) >= 11 is 0. The van der Waals surface area contributed by atoms with Gasteiger partial charge in [-0.15, -0.1) is 0 Å². The monoisotopic (exact) mass is 265 g/mol. The number of carbonyl (C=O) groups excluding carboxylic acids is 1. The van der Waals surface area contributed by atoms with E-state index in [4.69, 9.17) is 5.11 Å². The zero-order valence-corrected chi connectivity index (χ0v) is 11.1. The molecule has 0 aliphatic rings. The second-order valence-corrected chi connectivity index (χ2v) is 4.29. The molecule has 0 aliphatic carbocycles. The molecule has 0 bridgehead atoms. The van der Waals surface area contributed by atoms with E-state index in [1.165, 1.54) is 12.3 Å². The molecule has 0 fully saturated rings. The minimum atomic E-state index is -1.01. The molecule has 1 unspecified atom stereocenters. The number of carboxylic acids is 1. The van der Waals surface area contributed by atoms with Crippen molar-refractivity contribution in [1.82, 2.24) is 10.3 Å². The molecule has 0 saturated heterocycles. The Morgan fingerprint density at radius 3 is 2.68 bits per heavy atom. The highest BCUT2D eigenvalue weighted by molar-refractivity contribution is 5.87. The Morgan fingerprint density at radius 1 is 1.42 bits per heavy atom. The molecule has 0 saturated carbocycles. The van der Waals surface area contributed by atoms with Crippen LogP contribution >= 0.6 is 0 Å². The van der Waals surface area contributed by atoms with Gasteiger partial charge in [0.1, 0.15) is 5.82 Å². The first-order valence-electron chi connectivity index (χ1n) is 6.25. The van der Waals surface area contributed by atoms with E-state index >= 15 is 0 Å². The number of nitrogens with zero attached hydrogens (tertiary/aromatic N) is 1. The molecule has 0 radical (unpaired) electrons. The van der Waals surface area contributed by atoms with Crippen LogP contribution in [0.25, 0.3) is 0 Å². The van der Waals surface area contributed by atoms with Crippen LogP contribution in [0.1, 0.15) is 37.0 Å². The van der Waals surface area contributed by atoms with Crippen molar-refractivity contribution in [2.24, 2.45) is 0 Å².